The summed E-state index contributed by atoms with van der Waals surface area (Å²) >= 11 is 0. The summed E-state index contributed by atoms with van der Waals surface area (Å²) in [4.78, 5) is 0. The summed E-state index contributed by atoms with van der Waals surface area (Å²) in [5.41, 5.74) is 2.47. The maximum Gasteiger partial charge on any atom is 0.125 e. The first-order chi connectivity index (χ1) is 8.77. The van der Waals surface area contributed by atoms with Crippen molar-refractivity contribution in [2.75, 3.05) is 13.2 Å². The fraction of sp³-hybridized carbons (Fsp3) is 0.625. The number of hydrogen-bond donors (Lipinski definition) is 1. The van der Waals surface area contributed by atoms with Gasteiger partial charge in [0.2, 0.25) is 0 Å². The minimum atomic E-state index is 0.769. The molecule has 1 aromatic carbocycles. The maximum absolute atomic E-state index is 5.89. The molecule has 0 saturated heterocycles. The summed E-state index contributed by atoms with van der Waals surface area (Å²) in [6.07, 6.45) is 6.60. The van der Waals surface area contributed by atoms with Gasteiger partial charge in [0.15, 0.2) is 0 Å². The van der Waals surface area contributed by atoms with Gasteiger partial charge in [0.25, 0.3) is 0 Å². The molecule has 0 amide bonds. The second-order valence-corrected chi connectivity index (χ2v) is 5.36. The molecule has 1 aliphatic carbocycles. The first-order valence-corrected chi connectivity index (χ1v) is 7.20. The average molecular weight is 247 g/mol. The van der Waals surface area contributed by atoms with E-state index >= 15 is 0 Å². The van der Waals surface area contributed by atoms with E-state index in [9.17, 15) is 0 Å². The molecule has 1 aliphatic rings. The van der Waals surface area contributed by atoms with Gasteiger partial charge in [-0.15, -0.1) is 0 Å². The van der Waals surface area contributed by atoms with Crippen molar-refractivity contribution >= 4 is 0 Å². The highest BCUT2D eigenvalue weighted by Gasteiger charge is 2.13. The summed E-state index contributed by atoms with van der Waals surface area (Å²) in [5, 5.41) is 3.62. The molecule has 0 unspecified atom stereocenters. The smallest absolute Gasteiger partial charge is 0.125 e. The predicted molar refractivity (Wildman–Crippen MR) is 76.3 cm³/mol. The van der Waals surface area contributed by atoms with Crippen LogP contribution in [0.25, 0.3) is 0 Å². The summed E-state index contributed by atoms with van der Waals surface area (Å²) < 4.78 is 5.89. The molecular weight excluding hydrogens is 222 g/mol. The molecule has 1 aromatic rings. The van der Waals surface area contributed by atoms with Gasteiger partial charge in [0, 0.05) is 6.04 Å². The van der Waals surface area contributed by atoms with Gasteiger partial charge in [0.05, 0.1) is 6.61 Å². The molecule has 2 nitrogen and oxygen atoms in total. The first kappa shape index (κ1) is 13.4. The Bertz CT molecular complexity index is 349. The van der Waals surface area contributed by atoms with E-state index in [4.69, 9.17) is 4.74 Å². The quantitative estimate of drug-likeness (QED) is 0.775. The highest BCUT2D eigenvalue weighted by Crippen LogP contribution is 2.22. The van der Waals surface area contributed by atoms with Crippen molar-refractivity contribution in [2.45, 2.75) is 52.0 Å². The van der Waals surface area contributed by atoms with Gasteiger partial charge < -0.3 is 10.1 Å². The van der Waals surface area contributed by atoms with Crippen molar-refractivity contribution in [1.82, 2.24) is 5.32 Å². The molecule has 0 aliphatic heterocycles. The predicted octanol–water partition coefficient (Wildman–Crippen LogP) is 3.60. The van der Waals surface area contributed by atoms with E-state index < -0.39 is 0 Å². The van der Waals surface area contributed by atoms with E-state index in [0.717, 1.165) is 31.4 Å². The Morgan fingerprint density at radius 1 is 1.17 bits per heavy atom. The van der Waals surface area contributed by atoms with Gasteiger partial charge >= 0.3 is 0 Å². The van der Waals surface area contributed by atoms with Gasteiger partial charge in [-0.1, -0.05) is 31.0 Å². The molecule has 0 heterocycles. The molecule has 2 rings (SSSR count). The van der Waals surface area contributed by atoms with Crippen molar-refractivity contribution in [2.24, 2.45) is 0 Å². The van der Waals surface area contributed by atoms with Crippen LogP contribution >= 0.6 is 0 Å². The van der Waals surface area contributed by atoms with Gasteiger partial charge in [-0.25, -0.2) is 0 Å². The Labute approximate surface area is 111 Å². The number of rotatable bonds is 6. The van der Waals surface area contributed by atoms with Crippen molar-refractivity contribution < 1.29 is 4.74 Å². The molecule has 100 valence electrons. The van der Waals surface area contributed by atoms with Crippen LogP contribution in [0.15, 0.2) is 18.2 Å². The number of aryl methyl sites for hydroxylation is 2. The van der Waals surface area contributed by atoms with Crippen LogP contribution in [-0.4, -0.2) is 19.2 Å². The summed E-state index contributed by atoms with van der Waals surface area (Å²) in [5.74, 6) is 1.07. The third kappa shape index (κ3) is 3.74. The van der Waals surface area contributed by atoms with Crippen LogP contribution in [0, 0.1) is 13.8 Å². The fourth-order valence-corrected chi connectivity index (χ4v) is 2.71. The van der Waals surface area contributed by atoms with Crippen molar-refractivity contribution in [3.63, 3.8) is 0 Å². The number of hydrogen-bond acceptors (Lipinski definition) is 2. The lowest BCUT2D eigenvalue weighted by Gasteiger charge is -2.14. The van der Waals surface area contributed by atoms with Crippen LogP contribution in [0.3, 0.4) is 0 Å². The van der Waals surface area contributed by atoms with Crippen LogP contribution in [0.5, 0.6) is 5.75 Å². The van der Waals surface area contributed by atoms with Crippen LogP contribution in [0.1, 0.15) is 43.2 Å². The molecule has 0 aromatic heterocycles. The second-order valence-electron chi connectivity index (χ2n) is 5.36. The van der Waals surface area contributed by atoms with Gasteiger partial charge in [-0.2, -0.15) is 0 Å². The lowest BCUT2D eigenvalue weighted by molar-refractivity contribution is 0.301. The SMILES string of the molecule is Cc1cccc(C)c1OCCCNC1CCCC1. The maximum atomic E-state index is 5.89. The van der Waals surface area contributed by atoms with E-state index in [1.165, 1.54) is 36.8 Å². The van der Waals surface area contributed by atoms with Crippen LogP contribution in [0.2, 0.25) is 0 Å². The van der Waals surface area contributed by atoms with Crippen LogP contribution in [0.4, 0.5) is 0 Å². The second kappa shape index (κ2) is 6.79. The van der Waals surface area contributed by atoms with E-state index in [0.29, 0.717) is 0 Å². The first-order valence-electron chi connectivity index (χ1n) is 7.20. The molecule has 0 atom stereocenters. The highest BCUT2D eigenvalue weighted by atomic mass is 16.5. The molecule has 1 N–H and O–H groups in total. The standard InChI is InChI=1S/C16H25NO/c1-13-7-5-8-14(2)16(13)18-12-6-11-17-15-9-3-4-10-15/h5,7-8,15,17H,3-4,6,9-12H2,1-2H3. The Morgan fingerprint density at radius 3 is 2.50 bits per heavy atom. The molecule has 2 heteroatoms. The molecule has 1 fully saturated rings. The lowest BCUT2D eigenvalue weighted by Crippen LogP contribution is -2.27. The largest absolute Gasteiger partial charge is 0.493 e. The van der Waals surface area contributed by atoms with Crippen molar-refractivity contribution in [3.05, 3.63) is 29.3 Å². The van der Waals surface area contributed by atoms with Gasteiger partial charge in [-0.05, 0) is 50.8 Å². The number of para-hydroxylation sites is 1. The normalized spacial score (nSPS) is 16.1. The minimum Gasteiger partial charge on any atom is -0.493 e. The van der Waals surface area contributed by atoms with Gasteiger partial charge in [-0.3, -0.25) is 0 Å². The van der Waals surface area contributed by atoms with E-state index in [2.05, 4.69) is 37.4 Å². The monoisotopic (exact) mass is 247 g/mol. The molecule has 1 saturated carbocycles. The van der Waals surface area contributed by atoms with Gasteiger partial charge in [0.1, 0.15) is 5.75 Å². The number of benzene rings is 1. The lowest BCUT2D eigenvalue weighted by atomic mass is 10.1. The summed E-state index contributed by atoms with van der Waals surface area (Å²) in [7, 11) is 0. The average Bonchev–Trinajstić information content (AvgIpc) is 2.85. The van der Waals surface area contributed by atoms with Crippen molar-refractivity contribution in [1.29, 1.82) is 0 Å². The summed E-state index contributed by atoms with van der Waals surface area (Å²) in [6, 6.07) is 7.07. The Morgan fingerprint density at radius 2 is 1.83 bits per heavy atom. The number of nitrogens with one attached hydrogen (secondary N) is 1. The van der Waals surface area contributed by atoms with E-state index in [-0.39, 0.29) is 0 Å². The topological polar surface area (TPSA) is 21.3 Å². The minimum absolute atomic E-state index is 0.769. The summed E-state index contributed by atoms with van der Waals surface area (Å²) in [6.45, 7) is 6.11. The van der Waals surface area contributed by atoms with Crippen LogP contribution in [-0.2, 0) is 0 Å². The molecular formula is C16H25NO. The van der Waals surface area contributed by atoms with Crippen molar-refractivity contribution in [3.8, 4) is 5.75 Å². The fourth-order valence-electron chi connectivity index (χ4n) is 2.71. The third-order valence-corrected chi connectivity index (χ3v) is 3.76. The van der Waals surface area contributed by atoms with E-state index in [1.807, 2.05) is 0 Å². The molecule has 0 radical (unpaired) electrons. The molecule has 0 spiro atoms. The zero-order valence-electron chi connectivity index (χ0n) is 11.7. The van der Waals surface area contributed by atoms with E-state index in [1.54, 1.807) is 0 Å². The third-order valence-electron chi connectivity index (χ3n) is 3.76. The molecule has 0 bridgehead atoms. The van der Waals surface area contributed by atoms with Crippen LogP contribution < -0.4 is 10.1 Å². The Hall–Kier alpha value is -1.02. The number of ether oxygens (including phenoxy) is 1. The zero-order valence-corrected chi connectivity index (χ0v) is 11.7. The Kier molecular flexibility index (Phi) is 5.06. The molecule has 18 heavy (non-hydrogen) atoms. The Balaban J connectivity index is 1.65. The zero-order chi connectivity index (χ0) is 12.8. The highest BCUT2D eigenvalue weighted by molar-refractivity contribution is 5.39.